The number of benzene rings is 1. The summed E-state index contributed by atoms with van der Waals surface area (Å²) in [7, 11) is 0. The number of piperidine rings is 1. The molecule has 0 radical (unpaired) electrons. The second-order valence-electron chi connectivity index (χ2n) is 5.93. The minimum absolute atomic E-state index is 0.0250. The Labute approximate surface area is 124 Å². The Kier molecular flexibility index (Phi) is 3.74. The summed E-state index contributed by atoms with van der Waals surface area (Å²) in [5.74, 6) is -0.106. The molecule has 5 atom stereocenters. The molecule has 1 aliphatic carbocycles. The summed E-state index contributed by atoms with van der Waals surface area (Å²) in [6.07, 6.45) is 2.00. The van der Waals surface area contributed by atoms with Crippen LogP contribution in [0.3, 0.4) is 0 Å². The quantitative estimate of drug-likeness (QED) is 0.852. The minimum atomic E-state index is -0.590. The number of halogens is 1. The number of hydrogen-bond donors (Lipinski definition) is 1. The highest BCUT2D eigenvalue weighted by Crippen LogP contribution is 2.41. The molecule has 1 saturated carbocycles. The van der Waals surface area contributed by atoms with Crippen LogP contribution < -0.4 is 0 Å². The first-order chi connectivity index (χ1) is 9.59. The van der Waals surface area contributed by atoms with Gasteiger partial charge in [-0.1, -0.05) is 30.3 Å². The number of likely N-dealkylation sites (tertiary alicyclic amines) is 1. The van der Waals surface area contributed by atoms with Gasteiger partial charge in [0.05, 0.1) is 12.1 Å². The van der Waals surface area contributed by atoms with Gasteiger partial charge in [0.1, 0.15) is 5.38 Å². The molecular formula is C16H20ClNO2. The third-order valence-electron chi connectivity index (χ3n) is 4.79. The second kappa shape index (κ2) is 5.38. The number of aliphatic hydroxyl groups is 1. The largest absolute Gasteiger partial charge is 0.393 e. The maximum Gasteiger partial charge on any atom is 0.241 e. The van der Waals surface area contributed by atoms with Gasteiger partial charge in [0.2, 0.25) is 5.91 Å². The van der Waals surface area contributed by atoms with E-state index in [0.29, 0.717) is 0 Å². The van der Waals surface area contributed by atoms with Crippen LogP contribution in [0.1, 0.15) is 37.8 Å². The van der Waals surface area contributed by atoms with Gasteiger partial charge >= 0.3 is 0 Å². The number of carbonyl (C=O) groups excluding carboxylic acids is 1. The van der Waals surface area contributed by atoms with E-state index in [-0.39, 0.29) is 23.9 Å². The minimum Gasteiger partial charge on any atom is -0.393 e. The molecular weight excluding hydrogens is 274 g/mol. The van der Waals surface area contributed by atoms with Crippen molar-refractivity contribution in [1.29, 1.82) is 0 Å². The van der Waals surface area contributed by atoms with Crippen molar-refractivity contribution in [1.82, 2.24) is 4.90 Å². The molecule has 3 rings (SSSR count). The molecule has 3 nitrogen and oxygen atoms in total. The molecule has 1 aliphatic heterocycles. The average molecular weight is 294 g/mol. The van der Waals surface area contributed by atoms with Crippen LogP contribution in [0.2, 0.25) is 0 Å². The SMILES string of the molecule is C[C@@H](c1ccccc1)N1C(=O)[C@H](Cl)[C@H]2C[C@@H]1CC[C@H]2O. The van der Waals surface area contributed by atoms with Gasteiger partial charge in [-0.3, -0.25) is 4.79 Å². The smallest absolute Gasteiger partial charge is 0.241 e. The van der Waals surface area contributed by atoms with E-state index in [4.69, 9.17) is 11.6 Å². The Morgan fingerprint density at radius 3 is 2.70 bits per heavy atom. The van der Waals surface area contributed by atoms with Gasteiger partial charge in [-0.25, -0.2) is 0 Å². The number of alkyl halides is 1. The Morgan fingerprint density at radius 1 is 1.30 bits per heavy atom. The van der Waals surface area contributed by atoms with Crippen molar-refractivity contribution in [2.45, 2.75) is 49.8 Å². The van der Waals surface area contributed by atoms with Crippen LogP contribution in [-0.2, 0) is 4.79 Å². The Balaban J connectivity index is 1.88. The molecule has 2 bridgehead atoms. The lowest BCUT2D eigenvalue weighted by atomic mass is 9.76. The number of rotatable bonds is 2. The van der Waals surface area contributed by atoms with Gasteiger partial charge < -0.3 is 10.0 Å². The van der Waals surface area contributed by atoms with E-state index in [0.717, 1.165) is 24.8 Å². The van der Waals surface area contributed by atoms with E-state index < -0.39 is 11.5 Å². The summed E-state index contributed by atoms with van der Waals surface area (Å²) in [6, 6.07) is 10.3. The third-order valence-corrected chi connectivity index (χ3v) is 5.30. The zero-order chi connectivity index (χ0) is 14.3. The first kappa shape index (κ1) is 13.9. The predicted octanol–water partition coefficient (Wildman–Crippen LogP) is 2.73. The van der Waals surface area contributed by atoms with Gasteiger partial charge in [0, 0.05) is 12.0 Å². The molecule has 1 amide bonds. The molecule has 1 aromatic rings. The third kappa shape index (κ3) is 2.23. The molecule has 2 aliphatic rings. The number of amides is 1. The normalized spacial score (nSPS) is 35.0. The summed E-state index contributed by atoms with van der Waals surface area (Å²) in [4.78, 5) is 14.5. The van der Waals surface area contributed by atoms with Crippen molar-refractivity contribution < 1.29 is 9.90 Å². The molecule has 0 aromatic heterocycles. The number of hydrogen-bond acceptors (Lipinski definition) is 2. The maximum absolute atomic E-state index is 12.6. The van der Waals surface area contributed by atoms with Crippen LogP contribution in [0.4, 0.5) is 0 Å². The van der Waals surface area contributed by atoms with Crippen molar-refractivity contribution in [2.75, 3.05) is 0 Å². The Morgan fingerprint density at radius 2 is 2.00 bits per heavy atom. The molecule has 0 unspecified atom stereocenters. The monoisotopic (exact) mass is 293 g/mol. The lowest BCUT2D eigenvalue weighted by Crippen LogP contribution is -2.58. The van der Waals surface area contributed by atoms with Gasteiger partial charge in [-0.05, 0) is 31.7 Å². The van der Waals surface area contributed by atoms with Crippen LogP contribution in [0.5, 0.6) is 0 Å². The fourth-order valence-electron chi connectivity index (χ4n) is 3.64. The summed E-state index contributed by atoms with van der Waals surface area (Å²) < 4.78 is 0. The first-order valence-corrected chi connectivity index (χ1v) is 7.72. The second-order valence-corrected chi connectivity index (χ2v) is 6.40. The maximum atomic E-state index is 12.6. The molecule has 0 spiro atoms. The average Bonchev–Trinajstić information content (AvgIpc) is 2.48. The molecule has 1 N–H and O–H groups in total. The molecule has 2 fully saturated rings. The Bertz CT molecular complexity index is 493. The summed E-state index contributed by atoms with van der Waals surface area (Å²) in [5, 5.41) is 9.41. The van der Waals surface area contributed by atoms with Gasteiger partial charge in [-0.15, -0.1) is 11.6 Å². The Hall–Kier alpha value is -1.06. The topological polar surface area (TPSA) is 40.5 Å². The highest BCUT2D eigenvalue weighted by molar-refractivity contribution is 6.31. The fourth-order valence-corrected chi connectivity index (χ4v) is 4.02. The number of fused-ring (bicyclic) bond motifs is 2. The number of carbonyl (C=O) groups is 1. The van der Waals surface area contributed by atoms with E-state index >= 15 is 0 Å². The van der Waals surface area contributed by atoms with E-state index in [1.807, 2.05) is 35.2 Å². The van der Waals surface area contributed by atoms with Crippen molar-refractivity contribution in [3.05, 3.63) is 35.9 Å². The molecule has 108 valence electrons. The highest BCUT2D eigenvalue weighted by Gasteiger charge is 2.48. The summed E-state index contributed by atoms with van der Waals surface area (Å²) in [6.45, 7) is 2.06. The van der Waals surface area contributed by atoms with Crippen LogP contribution in [0.15, 0.2) is 30.3 Å². The molecule has 1 aromatic carbocycles. The van der Waals surface area contributed by atoms with Crippen LogP contribution in [0.25, 0.3) is 0 Å². The van der Waals surface area contributed by atoms with Gasteiger partial charge in [0.25, 0.3) is 0 Å². The summed E-state index contributed by atoms with van der Waals surface area (Å²) >= 11 is 6.30. The lowest BCUT2D eigenvalue weighted by molar-refractivity contribution is -0.147. The van der Waals surface area contributed by atoms with Crippen LogP contribution >= 0.6 is 11.6 Å². The van der Waals surface area contributed by atoms with Crippen LogP contribution in [-0.4, -0.2) is 33.4 Å². The van der Waals surface area contributed by atoms with Gasteiger partial charge in [0.15, 0.2) is 0 Å². The zero-order valence-corrected chi connectivity index (χ0v) is 12.3. The van der Waals surface area contributed by atoms with E-state index in [2.05, 4.69) is 6.92 Å². The predicted molar refractivity (Wildman–Crippen MR) is 78.5 cm³/mol. The van der Waals surface area contributed by atoms with Gasteiger partial charge in [-0.2, -0.15) is 0 Å². The zero-order valence-electron chi connectivity index (χ0n) is 11.6. The number of aliphatic hydroxyl groups excluding tert-OH is 1. The van der Waals surface area contributed by atoms with Crippen molar-refractivity contribution in [3.63, 3.8) is 0 Å². The molecule has 1 saturated heterocycles. The highest BCUT2D eigenvalue weighted by atomic mass is 35.5. The molecule has 20 heavy (non-hydrogen) atoms. The van der Waals surface area contributed by atoms with Crippen molar-refractivity contribution in [3.8, 4) is 0 Å². The van der Waals surface area contributed by atoms with E-state index in [1.54, 1.807) is 0 Å². The first-order valence-electron chi connectivity index (χ1n) is 7.29. The number of nitrogens with zero attached hydrogens (tertiary/aromatic N) is 1. The fraction of sp³-hybridized carbons (Fsp3) is 0.562. The molecule has 1 heterocycles. The van der Waals surface area contributed by atoms with Crippen molar-refractivity contribution in [2.24, 2.45) is 5.92 Å². The molecule has 4 heteroatoms. The van der Waals surface area contributed by atoms with Crippen molar-refractivity contribution >= 4 is 17.5 Å². The van der Waals surface area contributed by atoms with E-state index in [9.17, 15) is 9.90 Å². The van der Waals surface area contributed by atoms with E-state index in [1.165, 1.54) is 0 Å². The standard InChI is InChI=1S/C16H20ClNO2/c1-10(11-5-3-2-4-6-11)18-12-7-8-14(19)13(9-12)15(17)16(18)20/h2-6,10,12-15,19H,7-9H2,1H3/t10-,12-,13-,14+,15+/m0/s1. The lowest BCUT2D eigenvalue weighted by Gasteiger charge is -2.49. The summed E-state index contributed by atoms with van der Waals surface area (Å²) in [5.41, 5.74) is 1.13. The van der Waals surface area contributed by atoms with Crippen LogP contribution in [0, 0.1) is 5.92 Å².